The largest absolute Gasteiger partial charge is 0.472 e. The Kier molecular flexibility index (Phi) is 3.46. The van der Waals surface area contributed by atoms with E-state index < -0.39 is 37.3 Å². The van der Waals surface area contributed by atoms with Gasteiger partial charge in [0, 0.05) is 6.07 Å². The highest BCUT2D eigenvalue weighted by Gasteiger charge is 2.52. The molecule has 0 spiro atoms. The smallest absolute Gasteiger partial charge is 0.385 e. The zero-order valence-electron chi connectivity index (χ0n) is 12.0. The van der Waals surface area contributed by atoms with Crippen LogP contribution >= 0.6 is 7.82 Å². The minimum Gasteiger partial charge on any atom is -0.385 e. The first-order valence-corrected chi connectivity index (χ1v) is 8.47. The highest BCUT2D eigenvalue weighted by molar-refractivity contribution is 7.47. The summed E-state index contributed by atoms with van der Waals surface area (Å²) in [4.78, 5) is 19.9. The Hall–Kier alpha value is -1.88. The van der Waals surface area contributed by atoms with E-state index in [0.29, 0.717) is 5.52 Å². The molecule has 2 N–H and O–H groups in total. The van der Waals surface area contributed by atoms with Gasteiger partial charge in [-0.05, 0) is 6.07 Å². The summed E-state index contributed by atoms with van der Waals surface area (Å²) in [5.41, 5.74) is 0.267. The topological polar surface area (TPSA) is 146 Å². The third kappa shape index (κ3) is 2.34. The van der Waals surface area contributed by atoms with Crippen LogP contribution in [0.2, 0.25) is 0 Å². The molecule has 4 unspecified atom stereocenters. The molecular formula is C12H12N3O8P. The molecule has 24 heavy (non-hydrogen) atoms. The maximum Gasteiger partial charge on any atom is 0.472 e. The zero-order chi connectivity index (χ0) is 17.1. The van der Waals surface area contributed by atoms with Gasteiger partial charge in [-0.1, -0.05) is 6.07 Å². The second-order valence-corrected chi connectivity index (χ2v) is 6.85. The minimum absolute atomic E-state index is 0.122. The molecule has 1 aromatic heterocycles. The van der Waals surface area contributed by atoms with Crippen molar-refractivity contribution in [3.63, 3.8) is 0 Å². The van der Waals surface area contributed by atoms with Crippen LogP contribution < -0.4 is 0 Å². The number of aliphatic hydroxyl groups is 1. The molecule has 1 aromatic carbocycles. The molecule has 5 atom stereocenters. The Bertz CT molecular complexity index is 869. The Morgan fingerprint density at radius 2 is 2.25 bits per heavy atom. The van der Waals surface area contributed by atoms with Crippen molar-refractivity contribution < 1.29 is 33.3 Å². The van der Waals surface area contributed by atoms with Crippen LogP contribution in [0.4, 0.5) is 5.69 Å². The number of hydrogen-bond acceptors (Lipinski definition) is 8. The van der Waals surface area contributed by atoms with E-state index in [9.17, 15) is 24.7 Å². The van der Waals surface area contributed by atoms with Crippen molar-refractivity contribution in [1.82, 2.24) is 9.78 Å². The Labute approximate surface area is 134 Å². The van der Waals surface area contributed by atoms with Crippen molar-refractivity contribution in [3.8, 4) is 0 Å². The van der Waals surface area contributed by atoms with Crippen molar-refractivity contribution in [2.24, 2.45) is 0 Å². The summed E-state index contributed by atoms with van der Waals surface area (Å²) >= 11 is 0. The number of rotatable bonds is 2. The summed E-state index contributed by atoms with van der Waals surface area (Å²) in [7, 11) is -4.23. The molecule has 2 aliphatic rings. The summed E-state index contributed by atoms with van der Waals surface area (Å²) in [6.45, 7) is -0.217. The molecular weight excluding hydrogens is 345 g/mol. The summed E-state index contributed by atoms with van der Waals surface area (Å²) in [6.07, 6.45) is -2.82. The van der Waals surface area contributed by atoms with Gasteiger partial charge >= 0.3 is 7.82 Å². The highest BCUT2D eigenvalue weighted by atomic mass is 31.2. The number of phosphoric ester groups is 1. The SMILES string of the molecule is O=[N+]([O-])c1cccc2c1cnn2C1OC2COP(=O)(O)O[C@H]2C1O. The van der Waals surface area contributed by atoms with Gasteiger partial charge in [0.2, 0.25) is 0 Å². The van der Waals surface area contributed by atoms with Crippen molar-refractivity contribution in [1.29, 1.82) is 0 Å². The monoisotopic (exact) mass is 357 g/mol. The van der Waals surface area contributed by atoms with Crippen LogP contribution in [-0.4, -0.2) is 49.6 Å². The molecule has 0 bridgehead atoms. The molecule has 128 valence electrons. The minimum atomic E-state index is -4.23. The van der Waals surface area contributed by atoms with Crippen molar-refractivity contribution >= 4 is 24.4 Å². The predicted molar refractivity (Wildman–Crippen MR) is 77.0 cm³/mol. The summed E-state index contributed by atoms with van der Waals surface area (Å²) in [5, 5.41) is 25.8. The predicted octanol–water partition coefficient (Wildman–Crippen LogP) is 0.719. The zero-order valence-corrected chi connectivity index (χ0v) is 12.9. The molecule has 0 saturated carbocycles. The molecule has 2 aromatic rings. The number of fused-ring (bicyclic) bond motifs is 2. The number of non-ortho nitro benzene ring substituents is 1. The fraction of sp³-hybridized carbons (Fsp3) is 0.417. The highest BCUT2D eigenvalue weighted by Crippen LogP contribution is 2.52. The lowest BCUT2D eigenvalue weighted by molar-refractivity contribution is -0.383. The average Bonchev–Trinajstić information content (AvgIpc) is 3.08. The van der Waals surface area contributed by atoms with Crippen LogP contribution in [0.5, 0.6) is 0 Å². The van der Waals surface area contributed by atoms with Crippen molar-refractivity contribution in [2.75, 3.05) is 6.61 Å². The van der Waals surface area contributed by atoms with Gasteiger partial charge in [0.05, 0.1) is 28.6 Å². The van der Waals surface area contributed by atoms with E-state index in [0.717, 1.165) is 0 Å². The molecule has 0 aliphatic carbocycles. The molecule has 11 nitrogen and oxygen atoms in total. The van der Waals surface area contributed by atoms with E-state index in [4.69, 9.17) is 9.26 Å². The first-order chi connectivity index (χ1) is 11.4. The molecule has 2 fully saturated rings. The van der Waals surface area contributed by atoms with Gasteiger partial charge in [0.15, 0.2) is 6.23 Å². The van der Waals surface area contributed by atoms with Crippen molar-refractivity contribution in [3.05, 3.63) is 34.5 Å². The van der Waals surface area contributed by atoms with Crippen LogP contribution in [0.25, 0.3) is 10.9 Å². The number of aromatic nitrogens is 2. The number of benzene rings is 1. The van der Waals surface area contributed by atoms with Crippen LogP contribution in [0, 0.1) is 10.1 Å². The van der Waals surface area contributed by atoms with Gasteiger partial charge in [0.1, 0.15) is 18.3 Å². The maximum absolute atomic E-state index is 11.5. The maximum atomic E-state index is 11.5. The van der Waals surface area contributed by atoms with Gasteiger partial charge in [-0.15, -0.1) is 0 Å². The van der Waals surface area contributed by atoms with Gasteiger partial charge in [-0.3, -0.25) is 19.2 Å². The fourth-order valence-corrected chi connectivity index (χ4v) is 3.92. The quantitative estimate of drug-likeness (QED) is 0.451. The number of ether oxygens (including phenoxy) is 1. The summed E-state index contributed by atoms with van der Waals surface area (Å²) in [6, 6.07) is 4.44. The number of nitrogens with zero attached hydrogens (tertiary/aromatic N) is 3. The van der Waals surface area contributed by atoms with Crippen molar-refractivity contribution in [2.45, 2.75) is 24.5 Å². The third-order valence-corrected chi connectivity index (χ3v) is 5.01. The lowest BCUT2D eigenvalue weighted by Gasteiger charge is -2.27. The summed E-state index contributed by atoms with van der Waals surface area (Å²) < 4.78 is 27.9. The second-order valence-electron chi connectivity index (χ2n) is 5.45. The summed E-state index contributed by atoms with van der Waals surface area (Å²) in [5.74, 6) is 0. The molecule has 4 rings (SSSR count). The van der Waals surface area contributed by atoms with Crippen LogP contribution in [0.1, 0.15) is 6.23 Å². The Morgan fingerprint density at radius 3 is 3.00 bits per heavy atom. The molecule has 0 radical (unpaired) electrons. The lowest BCUT2D eigenvalue weighted by Crippen LogP contribution is -2.39. The first-order valence-electron chi connectivity index (χ1n) is 6.97. The van der Waals surface area contributed by atoms with Crippen LogP contribution in [0.15, 0.2) is 24.4 Å². The normalized spacial score (nSPS) is 35.9. The van der Waals surface area contributed by atoms with E-state index in [1.807, 2.05) is 0 Å². The van der Waals surface area contributed by atoms with Crippen LogP contribution in [-0.2, 0) is 18.3 Å². The van der Waals surface area contributed by atoms with E-state index in [1.54, 1.807) is 6.07 Å². The molecule has 12 heteroatoms. The second kappa shape index (κ2) is 5.31. The van der Waals surface area contributed by atoms with E-state index in [2.05, 4.69) is 9.62 Å². The van der Waals surface area contributed by atoms with Gasteiger partial charge in [-0.2, -0.15) is 5.10 Å². The number of nitro benzene ring substituents is 1. The van der Waals surface area contributed by atoms with Gasteiger partial charge in [-0.25, -0.2) is 9.25 Å². The Balaban J connectivity index is 1.73. The standard InChI is InChI=1S/C12H12N3O8P/c16-10-11-9(5-21-24(19,20)23-11)22-12(10)14-7-2-1-3-8(15(17)18)6(7)4-13-14/h1-4,9-12,16H,5H2,(H,19,20)/t9?,10?,11-,12?/m1/s1. The molecule has 2 aliphatic heterocycles. The van der Waals surface area contributed by atoms with Gasteiger partial charge < -0.3 is 14.7 Å². The number of nitro groups is 1. The molecule has 3 heterocycles. The molecule has 2 saturated heterocycles. The fourth-order valence-electron chi connectivity index (χ4n) is 2.96. The van der Waals surface area contributed by atoms with E-state index in [1.165, 1.54) is 23.0 Å². The number of aliphatic hydroxyl groups excluding tert-OH is 1. The average molecular weight is 357 g/mol. The Morgan fingerprint density at radius 1 is 1.46 bits per heavy atom. The first kappa shape index (κ1) is 15.6. The van der Waals surface area contributed by atoms with E-state index in [-0.39, 0.29) is 17.7 Å². The van der Waals surface area contributed by atoms with E-state index >= 15 is 0 Å². The molecule has 0 amide bonds. The van der Waals surface area contributed by atoms with Crippen LogP contribution in [0.3, 0.4) is 0 Å². The number of hydrogen-bond donors (Lipinski definition) is 2. The number of phosphoric acid groups is 1. The lowest BCUT2D eigenvalue weighted by atomic mass is 10.1. The van der Waals surface area contributed by atoms with Gasteiger partial charge in [0.25, 0.3) is 5.69 Å². The third-order valence-electron chi connectivity index (χ3n) is 4.02.